The highest BCUT2D eigenvalue weighted by atomic mass is 16.6. The van der Waals surface area contributed by atoms with E-state index in [0.29, 0.717) is 24.2 Å². The average molecular weight is 502 g/mol. The zero-order valence-electron chi connectivity index (χ0n) is 20.8. The highest BCUT2D eigenvalue weighted by Crippen LogP contribution is 2.31. The van der Waals surface area contributed by atoms with E-state index in [9.17, 15) is 19.2 Å². The Morgan fingerprint density at radius 1 is 1.11 bits per heavy atom. The number of piperidine rings is 1. The largest absolute Gasteiger partial charge is 0.444 e. The monoisotopic (exact) mass is 501 g/mol. The van der Waals surface area contributed by atoms with Crippen molar-refractivity contribution in [3.8, 4) is 16.9 Å². The third-order valence-corrected chi connectivity index (χ3v) is 6.21. The van der Waals surface area contributed by atoms with Crippen LogP contribution in [0.1, 0.15) is 49.5 Å². The lowest BCUT2D eigenvalue weighted by atomic mass is 10.0. The molecule has 1 unspecified atom stereocenters. The van der Waals surface area contributed by atoms with Crippen molar-refractivity contribution in [3.05, 3.63) is 66.1 Å². The number of nitrogens with one attached hydrogen (secondary N) is 2. The minimum atomic E-state index is -0.645. The smallest absolute Gasteiger partial charge is 0.412 e. The number of amides is 4. The second-order valence-corrected chi connectivity index (χ2v) is 10.1. The van der Waals surface area contributed by atoms with Crippen LogP contribution in [-0.4, -0.2) is 49.9 Å². The Morgan fingerprint density at radius 2 is 1.86 bits per heavy atom. The van der Waals surface area contributed by atoms with Crippen molar-refractivity contribution in [2.75, 3.05) is 5.32 Å². The predicted molar refractivity (Wildman–Crippen MR) is 135 cm³/mol. The molecular formula is C27H27N5O5. The number of benzene rings is 2. The van der Waals surface area contributed by atoms with Crippen LogP contribution in [0.15, 0.2) is 55.0 Å². The zero-order chi connectivity index (χ0) is 26.3. The number of fused-ring (bicyclic) bond motifs is 1. The molecule has 0 spiro atoms. The fourth-order valence-electron chi connectivity index (χ4n) is 4.49. The number of carbonyl (C=O) groups excluding carboxylic acids is 4. The van der Waals surface area contributed by atoms with Gasteiger partial charge in [-0.05, 0) is 69.2 Å². The lowest BCUT2D eigenvalue weighted by molar-refractivity contribution is -0.136. The minimum absolute atomic E-state index is 0.207. The molecule has 1 saturated heterocycles. The summed E-state index contributed by atoms with van der Waals surface area (Å²) in [5.41, 5.74) is 3.84. The molecule has 0 bridgehead atoms. The molecule has 10 nitrogen and oxygen atoms in total. The molecule has 2 aromatic carbocycles. The summed E-state index contributed by atoms with van der Waals surface area (Å²) in [6, 6.07) is 12.1. The first-order valence-corrected chi connectivity index (χ1v) is 12.0. The number of carbonyl (C=O) groups is 4. The predicted octanol–water partition coefficient (Wildman–Crippen LogP) is 3.65. The van der Waals surface area contributed by atoms with E-state index in [4.69, 9.17) is 4.74 Å². The Kier molecular flexibility index (Phi) is 6.02. The van der Waals surface area contributed by atoms with Crippen LogP contribution < -0.4 is 10.6 Å². The fourth-order valence-corrected chi connectivity index (χ4v) is 4.49. The summed E-state index contributed by atoms with van der Waals surface area (Å²) >= 11 is 0. The van der Waals surface area contributed by atoms with Crippen LogP contribution in [0.5, 0.6) is 0 Å². The number of imidazole rings is 1. The van der Waals surface area contributed by atoms with Crippen molar-refractivity contribution in [1.29, 1.82) is 0 Å². The second-order valence-electron chi connectivity index (χ2n) is 10.1. The first-order chi connectivity index (χ1) is 17.6. The summed E-state index contributed by atoms with van der Waals surface area (Å²) in [5, 5.41) is 5.03. The van der Waals surface area contributed by atoms with Gasteiger partial charge in [0.15, 0.2) is 0 Å². The van der Waals surface area contributed by atoms with E-state index in [1.807, 2.05) is 35.0 Å². The van der Waals surface area contributed by atoms with E-state index in [0.717, 1.165) is 22.5 Å². The Morgan fingerprint density at radius 3 is 2.57 bits per heavy atom. The minimum Gasteiger partial charge on any atom is -0.444 e. The van der Waals surface area contributed by atoms with Gasteiger partial charge in [-0.3, -0.25) is 25.0 Å². The van der Waals surface area contributed by atoms with E-state index < -0.39 is 23.6 Å². The number of hydrogen-bond donors (Lipinski definition) is 2. The van der Waals surface area contributed by atoms with Crippen LogP contribution in [0.3, 0.4) is 0 Å². The first kappa shape index (κ1) is 24.2. The molecule has 3 aromatic rings. The van der Waals surface area contributed by atoms with Gasteiger partial charge in [0.05, 0.1) is 12.0 Å². The number of imide groups is 1. The number of anilines is 1. The number of nitrogens with zero attached hydrogens (tertiary/aromatic N) is 3. The maximum Gasteiger partial charge on any atom is 0.412 e. The van der Waals surface area contributed by atoms with Crippen molar-refractivity contribution in [2.45, 2.75) is 51.8 Å². The highest BCUT2D eigenvalue weighted by Gasteiger charge is 2.39. The molecule has 1 atom stereocenters. The summed E-state index contributed by atoms with van der Waals surface area (Å²) in [7, 11) is 0. The summed E-state index contributed by atoms with van der Waals surface area (Å²) in [5.74, 6) is -0.942. The Hall–Kier alpha value is -4.47. The van der Waals surface area contributed by atoms with Gasteiger partial charge in [-0.2, -0.15) is 0 Å². The van der Waals surface area contributed by atoms with Crippen molar-refractivity contribution < 1.29 is 23.9 Å². The molecule has 5 rings (SSSR count). The van der Waals surface area contributed by atoms with Crippen molar-refractivity contribution in [1.82, 2.24) is 19.8 Å². The van der Waals surface area contributed by atoms with E-state index >= 15 is 0 Å². The van der Waals surface area contributed by atoms with Gasteiger partial charge >= 0.3 is 6.09 Å². The molecule has 10 heteroatoms. The summed E-state index contributed by atoms with van der Waals surface area (Å²) in [6.07, 6.45) is 3.61. The van der Waals surface area contributed by atoms with Gasteiger partial charge in [0.2, 0.25) is 11.8 Å². The standard InChI is InChI=1S/C27H27N5O5/c1-27(2,3)37-26(36)29-18-5-7-19(8-6-18)31-14-21(28-15-31)16-4-9-20-17(12-16)13-32(25(20)35)22-10-11-23(33)30-24(22)34/h4-9,12,14-15,22H,10-11,13H2,1-3H3,(H,29,36)(H,30,33,34). The topological polar surface area (TPSA) is 123 Å². The van der Waals surface area contributed by atoms with Crippen LogP contribution in [-0.2, 0) is 20.9 Å². The van der Waals surface area contributed by atoms with Crippen LogP contribution >= 0.6 is 0 Å². The molecule has 3 heterocycles. The van der Waals surface area contributed by atoms with Crippen LogP contribution in [0.2, 0.25) is 0 Å². The normalized spacial score (nSPS) is 17.4. The summed E-state index contributed by atoms with van der Waals surface area (Å²) < 4.78 is 7.14. The number of aromatic nitrogens is 2. The Balaban J connectivity index is 1.29. The van der Waals surface area contributed by atoms with Crippen LogP contribution in [0, 0.1) is 0 Å². The average Bonchev–Trinajstić information content (AvgIpc) is 3.44. The fraction of sp³-hybridized carbons (Fsp3) is 0.296. The van der Waals surface area contributed by atoms with Gasteiger partial charge in [-0.1, -0.05) is 6.07 Å². The van der Waals surface area contributed by atoms with Gasteiger partial charge < -0.3 is 14.2 Å². The molecule has 1 aromatic heterocycles. The van der Waals surface area contributed by atoms with Crippen LogP contribution in [0.4, 0.5) is 10.5 Å². The van der Waals surface area contributed by atoms with Gasteiger partial charge in [0.1, 0.15) is 11.6 Å². The Bertz CT molecular complexity index is 1400. The maximum absolute atomic E-state index is 12.9. The van der Waals surface area contributed by atoms with Gasteiger partial charge in [-0.25, -0.2) is 9.78 Å². The molecule has 4 amide bonds. The first-order valence-electron chi connectivity index (χ1n) is 12.0. The van der Waals surface area contributed by atoms with E-state index in [-0.39, 0.29) is 18.2 Å². The number of rotatable bonds is 4. The van der Waals surface area contributed by atoms with Crippen molar-refractivity contribution >= 4 is 29.5 Å². The summed E-state index contributed by atoms with van der Waals surface area (Å²) in [4.78, 5) is 54.7. The molecule has 2 aliphatic heterocycles. The molecule has 37 heavy (non-hydrogen) atoms. The third kappa shape index (κ3) is 5.09. The molecular weight excluding hydrogens is 474 g/mol. The molecule has 2 aliphatic rings. The van der Waals surface area contributed by atoms with Crippen molar-refractivity contribution in [3.63, 3.8) is 0 Å². The van der Waals surface area contributed by atoms with Crippen molar-refractivity contribution in [2.24, 2.45) is 0 Å². The molecule has 1 fully saturated rings. The quantitative estimate of drug-likeness (QED) is 0.526. The summed E-state index contributed by atoms with van der Waals surface area (Å²) in [6.45, 7) is 5.72. The zero-order valence-corrected chi connectivity index (χ0v) is 20.8. The van der Waals surface area contributed by atoms with Crippen LogP contribution in [0.25, 0.3) is 16.9 Å². The lowest BCUT2D eigenvalue weighted by Gasteiger charge is -2.29. The molecule has 0 radical (unpaired) electrons. The van der Waals surface area contributed by atoms with Gasteiger partial charge in [-0.15, -0.1) is 0 Å². The molecule has 0 saturated carbocycles. The molecule has 0 aliphatic carbocycles. The molecule has 190 valence electrons. The highest BCUT2D eigenvalue weighted by molar-refractivity contribution is 6.05. The van der Waals surface area contributed by atoms with Gasteiger partial charge in [0.25, 0.3) is 5.91 Å². The number of ether oxygens (including phenoxy) is 1. The lowest BCUT2D eigenvalue weighted by Crippen LogP contribution is -2.52. The maximum atomic E-state index is 12.9. The van der Waals surface area contributed by atoms with Gasteiger partial charge in [0, 0.05) is 41.7 Å². The van der Waals surface area contributed by atoms with E-state index in [2.05, 4.69) is 15.6 Å². The molecule has 2 N–H and O–H groups in total. The van der Waals surface area contributed by atoms with E-state index in [1.54, 1.807) is 45.3 Å². The third-order valence-electron chi connectivity index (χ3n) is 6.21. The van der Waals surface area contributed by atoms with E-state index in [1.165, 1.54) is 4.90 Å². The second kappa shape index (κ2) is 9.20. The number of hydrogen-bond acceptors (Lipinski definition) is 6. The SMILES string of the molecule is CC(C)(C)OC(=O)Nc1ccc(-n2cnc(-c3ccc4c(c3)CN(C3CCC(=O)NC3=O)C4=O)c2)cc1. The Labute approximate surface area is 213 Å².